The average Bonchev–Trinajstić information content (AvgIpc) is 2.65. The van der Waals surface area contributed by atoms with Crippen LogP contribution in [0.25, 0.3) is 0 Å². The lowest BCUT2D eigenvalue weighted by atomic mass is 9.58. The highest BCUT2D eigenvalue weighted by atomic mass is 16.5. The zero-order chi connectivity index (χ0) is 19.2. The van der Waals surface area contributed by atoms with Crippen LogP contribution in [0.5, 0.6) is 11.5 Å². The third kappa shape index (κ3) is 3.06. The van der Waals surface area contributed by atoms with Gasteiger partial charge in [0.15, 0.2) is 0 Å². The Morgan fingerprint density at radius 1 is 1.30 bits per heavy atom. The number of phenols is 1. The van der Waals surface area contributed by atoms with Crippen molar-refractivity contribution >= 4 is 5.97 Å². The molecule has 5 nitrogen and oxygen atoms in total. The Bertz CT molecular complexity index is 880. The number of aromatic carboxylic acids is 1. The first-order valence-electron chi connectivity index (χ1n) is 9.37. The summed E-state index contributed by atoms with van der Waals surface area (Å²) in [5.74, 6) is 0.201. The van der Waals surface area contributed by atoms with E-state index in [4.69, 9.17) is 4.74 Å². The van der Waals surface area contributed by atoms with Gasteiger partial charge in [-0.05, 0) is 67.9 Å². The van der Waals surface area contributed by atoms with Gasteiger partial charge >= 0.3 is 5.97 Å². The SMILES string of the molecule is CN1CC[C@@]2(C)c3cc(O)ccc3C[C@@H]1[C@H]2COc1cccc(C(=O)O)c1. The van der Waals surface area contributed by atoms with E-state index in [-0.39, 0.29) is 16.9 Å². The number of likely N-dealkylation sites (N-methyl/N-ethyl adjacent to an activating group) is 1. The van der Waals surface area contributed by atoms with Crippen LogP contribution in [0, 0.1) is 5.92 Å². The molecule has 0 saturated carbocycles. The van der Waals surface area contributed by atoms with Gasteiger partial charge in [-0.2, -0.15) is 0 Å². The molecule has 0 amide bonds. The van der Waals surface area contributed by atoms with Crippen LogP contribution in [-0.4, -0.2) is 47.3 Å². The third-order valence-electron chi connectivity index (χ3n) is 6.48. The summed E-state index contributed by atoms with van der Waals surface area (Å²) in [4.78, 5) is 13.6. The van der Waals surface area contributed by atoms with Gasteiger partial charge in [0, 0.05) is 17.4 Å². The molecular formula is C22H25NO4. The van der Waals surface area contributed by atoms with Crippen LogP contribution in [0.1, 0.15) is 34.8 Å². The van der Waals surface area contributed by atoms with E-state index >= 15 is 0 Å². The van der Waals surface area contributed by atoms with E-state index in [9.17, 15) is 15.0 Å². The molecule has 2 aromatic rings. The molecule has 0 spiro atoms. The highest BCUT2D eigenvalue weighted by molar-refractivity contribution is 5.88. The van der Waals surface area contributed by atoms with Gasteiger partial charge in [-0.15, -0.1) is 0 Å². The van der Waals surface area contributed by atoms with E-state index in [1.165, 1.54) is 11.1 Å². The lowest BCUT2D eigenvalue weighted by Gasteiger charge is -2.54. The Kier molecular flexibility index (Phi) is 4.35. The van der Waals surface area contributed by atoms with Crippen molar-refractivity contribution in [2.45, 2.75) is 31.2 Å². The maximum Gasteiger partial charge on any atom is 0.335 e. The summed E-state index contributed by atoms with van der Waals surface area (Å²) in [6, 6.07) is 12.7. The first kappa shape index (κ1) is 17.9. The van der Waals surface area contributed by atoms with Gasteiger partial charge in [0.05, 0.1) is 12.2 Å². The lowest BCUT2D eigenvalue weighted by molar-refractivity contribution is 0.0118. The van der Waals surface area contributed by atoms with Gasteiger partial charge in [-0.1, -0.05) is 19.1 Å². The number of hydrogen-bond acceptors (Lipinski definition) is 4. The van der Waals surface area contributed by atoms with E-state index in [1.807, 2.05) is 12.1 Å². The molecular weight excluding hydrogens is 342 g/mol. The molecule has 0 unspecified atom stereocenters. The van der Waals surface area contributed by atoms with E-state index in [2.05, 4.69) is 18.9 Å². The molecule has 1 fully saturated rings. The number of phenolic OH excluding ortho intramolecular Hbond substituents is 1. The zero-order valence-corrected chi connectivity index (χ0v) is 15.7. The molecule has 0 aromatic heterocycles. The van der Waals surface area contributed by atoms with Crippen molar-refractivity contribution in [3.63, 3.8) is 0 Å². The zero-order valence-electron chi connectivity index (χ0n) is 15.7. The Morgan fingerprint density at radius 3 is 2.89 bits per heavy atom. The summed E-state index contributed by atoms with van der Waals surface area (Å²) in [6.07, 6.45) is 1.94. The second-order valence-corrected chi connectivity index (χ2v) is 8.01. The van der Waals surface area contributed by atoms with Gasteiger partial charge in [0.25, 0.3) is 0 Å². The number of carboxylic acids is 1. The average molecular weight is 367 g/mol. The van der Waals surface area contributed by atoms with Crippen LogP contribution in [0.3, 0.4) is 0 Å². The van der Waals surface area contributed by atoms with Gasteiger partial charge in [-0.25, -0.2) is 4.79 Å². The molecule has 1 heterocycles. The number of hydrogen-bond donors (Lipinski definition) is 2. The molecule has 2 aromatic carbocycles. The number of aromatic hydroxyl groups is 1. The largest absolute Gasteiger partial charge is 0.508 e. The minimum Gasteiger partial charge on any atom is -0.508 e. The van der Waals surface area contributed by atoms with Crippen molar-refractivity contribution in [2.75, 3.05) is 20.2 Å². The molecule has 4 rings (SSSR count). The van der Waals surface area contributed by atoms with E-state index in [0.29, 0.717) is 24.1 Å². The number of fused-ring (bicyclic) bond motifs is 4. The van der Waals surface area contributed by atoms with Crippen LogP contribution < -0.4 is 4.74 Å². The molecule has 27 heavy (non-hydrogen) atoms. The van der Waals surface area contributed by atoms with Gasteiger partial charge in [-0.3, -0.25) is 0 Å². The summed E-state index contributed by atoms with van der Waals surface area (Å²) in [5, 5.41) is 19.2. The van der Waals surface area contributed by atoms with Crippen molar-refractivity contribution in [1.29, 1.82) is 0 Å². The maximum atomic E-state index is 11.2. The van der Waals surface area contributed by atoms with Gasteiger partial charge in [0.2, 0.25) is 0 Å². The summed E-state index contributed by atoms with van der Waals surface area (Å²) in [6.45, 7) is 3.80. The fourth-order valence-corrected chi connectivity index (χ4v) is 4.82. The number of carbonyl (C=O) groups is 1. The molecule has 5 heteroatoms. The first-order valence-corrected chi connectivity index (χ1v) is 9.37. The van der Waals surface area contributed by atoms with Gasteiger partial charge in [0.1, 0.15) is 11.5 Å². The first-order chi connectivity index (χ1) is 12.9. The molecule has 2 N–H and O–H groups in total. The summed E-state index contributed by atoms with van der Waals surface area (Å²) < 4.78 is 6.08. The Balaban J connectivity index is 1.64. The van der Waals surface area contributed by atoms with Crippen molar-refractivity contribution in [3.8, 4) is 11.5 Å². The maximum absolute atomic E-state index is 11.2. The van der Waals surface area contributed by atoms with Crippen molar-refractivity contribution in [3.05, 3.63) is 59.2 Å². The van der Waals surface area contributed by atoms with Crippen LogP contribution in [0.4, 0.5) is 0 Å². The van der Waals surface area contributed by atoms with Crippen LogP contribution in [-0.2, 0) is 11.8 Å². The number of rotatable bonds is 4. The smallest absolute Gasteiger partial charge is 0.335 e. The van der Waals surface area contributed by atoms with Crippen LogP contribution >= 0.6 is 0 Å². The van der Waals surface area contributed by atoms with Crippen molar-refractivity contribution < 1.29 is 19.7 Å². The van der Waals surface area contributed by atoms with E-state index < -0.39 is 5.97 Å². The minimum atomic E-state index is -0.953. The number of piperidine rings is 1. The molecule has 1 aliphatic heterocycles. The summed E-state index contributed by atoms with van der Waals surface area (Å²) >= 11 is 0. The van der Waals surface area contributed by atoms with E-state index in [1.54, 1.807) is 30.3 Å². The summed E-state index contributed by atoms with van der Waals surface area (Å²) in [5.41, 5.74) is 2.68. The molecule has 0 radical (unpaired) electrons. The predicted molar refractivity (Wildman–Crippen MR) is 103 cm³/mol. The highest BCUT2D eigenvalue weighted by Gasteiger charge is 2.50. The normalized spacial score (nSPS) is 27.0. The fourth-order valence-electron chi connectivity index (χ4n) is 4.82. The van der Waals surface area contributed by atoms with E-state index in [0.717, 1.165) is 19.4 Å². The Hall–Kier alpha value is -2.53. The third-order valence-corrected chi connectivity index (χ3v) is 6.48. The Morgan fingerprint density at radius 2 is 2.11 bits per heavy atom. The molecule has 2 bridgehead atoms. The number of carboxylic acid groups (broad SMARTS) is 1. The van der Waals surface area contributed by atoms with Gasteiger partial charge < -0.3 is 19.8 Å². The highest BCUT2D eigenvalue weighted by Crippen LogP contribution is 2.49. The monoisotopic (exact) mass is 367 g/mol. The van der Waals surface area contributed by atoms with Crippen molar-refractivity contribution in [1.82, 2.24) is 4.90 Å². The Labute approximate surface area is 159 Å². The minimum absolute atomic E-state index is 0.0755. The number of nitrogens with zero attached hydrogens (tertiary/aromatic N) is 1. The lowest BCUT2D eigenvalue weighted by Crippen LogP contribution is -2.59. The molecule has 142 valence electrons. The standard InChI is InChI=1S/C22H25NO4/c1-22-8-9-23(2)20(11-14-6-7-16(24)12-18(14)22)19(22)13-27-17-5-3-4-15(10-17)21(25)26/h3-7,10,12,19-20,24H,8-9,11,13H2,1-2H3,(H,25,26)/t19-,20-,22+/m1/s1. The van der Waals surface area contributed by atoms with Crippen LogP contribution in [0.2, 0.25) is 0 Å². The summed E-state index contributed by atoms with van der Waals surface area (Å²) in [7, 11) is 2.16. The number of ether oxygens (including phenoxy) is 1. The number of likely N-dealkylation sites (tertiary alicyclic amines) is 1. The van der Waals surface area contributed by atoms with Crippen molar-refractivity contribution in [2.24, 2.45) is 5.92 Å². The molecule has 2 aliphatic rings. The second kappa shape index (κ2) is 6.57. The van der Waals surface area contributed by atoms with Crippen LogP contribution in [0.15, 0.2) is 42.5 Å². The quantitative estimate of drug-likeness (QED) is 0.868. The number of benzene rings is 2. The second-order valence-electron chi connectivity index (χ2n) is 8.01. The topological polar surface area (TPSA) is 70.0 Å². The fraction of sp³-hybridized carbons (Fsp3) is 0.409. The molecule has 1 saturated heterocycles. The predicted octanol–water partition coefficient (Wildman–Crippen LogP) is 3.30. The molecule has 1 aliphatic carbocycles. The molecule has 3 atom stereocenters.